The molecule has 0 radical (unpaired) electrons. The molecule has 2 aromatic carbocycles. The van der Waals surface area contributed by atoms with E-state index in [0.29, 0.717) is 35.8 Å². The fourth-order valence-electron chi connectivity index (χ4n) is 4.61. The standard InChI is InChI=1S/C28H32F3N5O4S/c1-2-19-15-36(41(39)25-9-4-3-8-24(25)40-19)14-17-6-5-7-18(10-17)35-26(22(12-32)27(37)38)21-11-20(21)23(33)13-34-16-28(29,30)31/h3-10,12-13,19-21,34H,2,11,14-16,32-33H2,1H3,(H,37,38)/b22-12?,23-13-,35-26?/t19-,20?,21-,41?/m1/s1. The third-order valence-corrected chi connectivity index (χ3v) is 8.22. The fourth-order valence-corrected chi connectivity index (χ4v) is 5.94. The lowest BCUT2D eigenvalue weighted by Gasteiger charge is -2.23. The zero-order chi connectivity index (χ0) is 29.7. The van der Waals surface area contributed by atoms with Crippen LogP contribution in [0.3, 0.4) is 0 Å². The van der Waals surface area contributed by atoms with E-state index in [2.05, 4.69) is 10.3 Å². The summed E-state index contributed by atoms with van der Waals surface area (Å²) < 4.78 is 58.8. The van der Waals surface area contributed by atoms with Crippen LogP contribution in [0.2, 0.25) is 0 Å². The van der Waals surface area contributed by atoms with Gasteiger partial charge in [-0.1, -0.05) is 31.2 Å². The summed E-state index contributed by atoms with van der Waals surface area (Å²) >= 11 is -1.47. The van der Waals surface area contributed by atoms with Crippen molar-refractivity contribution in [2.45, 2.75) is 43.5 Å². The van der Waals surface area contributed by atoms with E-state index < -0.39 is 41.9 Å². The van der Waals surface area contributed by atoms with Gasteiger partial charge in [-0.3, -0.25) is 4.99 Å². The molecule has 1 heterocycles. The van der Waals surface area contributed by atoms with E-state index in [-0.39, 0.29) is 23.1 Å². The summed E-state index contributed by atoms with van der Waals surface area (Å²) in [6.07, 6.45) is -1.38. The molecule has 2 unspecified atom stereocenters. The number of nitrogens with two attached hydrogens (primary N) is 2. The van der Waals surface area contributed by atoms with Crippen LogP contribution in [0, 0.1) is 11.8 Å². The van der Waals surface area contributed by atoms with Gasteiger partial charge in [-0.2, -0.15) is 13.2 Å². The van der Waals surface area contributed by atoms with Gasteiger partial charge in [-0.25, -0.2) is 4.79 Å². The monoisotopic (exact) mass is 591 g/mol. The van der Waals surface area contributed by atoms with Crippen LogP contribution in [-0.4, -0.2) is 51.0 Å². The van der Waals surface area contributed by atoms with Crippen molar-refractivity contribution in [2.24, 2.45) is 28.3 Å². The number of carboxylic acid groups (broad SMARTS) is 1. The van der Waals surface area contributed by atoms with E-state index in [4.69, 9.17) is 16.2 Å². The summed E-state index contributed by atoms with van der Waals surface area (Å²) in [5.41, 5.74) is 13.0. The highest BCUT2D eigenvalue weighted by Gasteiger charge is 2.45. The normalized spacial score (nSPS) is 23.8. The minimum absolute atomic E-state index is 0.154. The van der Waals surface area contributed by atoms with Crippen molar-refractivity contribution in [3.63, 3.8) is 0 Å². The first-order valence-electron chi connectivity index (χ1n) is 13.0. The Hall–Kier alpha value is -3.68. The molecule has 1 aliphatic carbocycles. The Kier molecular flexibility index (Phi) is 9.51. The summed E-state index contributed by atoms with van der Waals surface area (Å²) in [4.78, 5) is 17.1. The molecule has 9 nitrogen and oxygen atoms in total. The second kappa shape index (κ2) is 12.9. The summed E-state index contributed by atoms with van der Waals surface area (Å²) in [6.45, 7) is 1.53. The average molecular weight is 592 g/mol. The number of benzene rings is 2. The number of hydrogen-bond acceptors (Lipinski definition) is 8. The Bertz CT molecular complexity index is 1350. The maximum Gasteiger partial charge on any atom is 0.405 e. The number of aliphatic carboxylic acids is 1. The molecule has 41 heavy (non-hydrogen) atoms. The number of nitrogens with one attached hydrogen (secondary N) is 1. The van der Waals surface area contributed by atoms with Gasteiger partial charge in [-0.15, -0.1) is 4.31 Å². The topological polar surface area (TPSA) is 149 Å². The number of alkyl halides is 3. The highest BCUT2D eigenvalue weighted by atomic mass is 32.2. The van der Waals surface area contributed by atoms with Gasteiger partial charge >= 0.3 is 12.1 Å². The second-order valence-corrected chi connectivity index (χ2v) is 11.3. The van der Waals surface area contributed by atoms with Crippen LogP contribution in [-0.2, 0) is 22.7 Å². The van der Waals surface area contributed by atoms with Crippen molar-refractivity contribution in [3.8, 4) is 5.75 Å². The third-order valence-electron chi connectivity index (χ3n) is 6.76. The first-order chi connectivity index (χ1) is 19.5. The molecule has 0 bridgehead atoms. The van der Waals surface area contributed by atoms with Crippen LogP contribution < -0.4 is 21.5 Å². The summed E-state index contributed by atoms with van der Waals surface area (Å²) in [5.74, 6) is -1.52. The van der Waals surface area contributed by atoms with Gasteiger partial charge < -0.3 is 31.2 Å². The summed E-state index contributed by atoms with van der Waals surface area (Å²) in [6, 6.07) is 14.3. The van der Waals surface area contributed by atoms with E-state index in [1.807, 2.05) is 29.4 Å². The van der Waals surface area contributed by atoms with Crippen LogP contribution in [0.15, 0.2) is 82.1 Å². The molecule has 4 rings (SSSR count). The molecule has 0 amide bonds. The predicted octanol–water partition coefficient (Wildman–Crippen LogP) is 3.97. The van der Waals surface area contributed by atoms with Crippen LogP contribution in [0.5, 0.6) is 5.75 Å². The molecule has 0 aromatic heterocycles. The molecule has 0 saturated heterocycles. The molecule has 13 heteroatoms. The number of ether oxygens (including phenoxy) is 1. The number of para-hydroxylation sites is 1. The van der Waals surface area contributed by atoms with Crippen molar-refractivity contribution < 1.29 is 32.4 Å². The quantitative estimate of drug-likeness (QED) is 0.184. The van der Waals surface area contributed by atoms with Gasteiger partial charge in [0.05, 0.1) is 41.4 Å². The van der Waals surface area contributed by atoms with Crippen molar-refractivity contribution in [1.29, 1.82) is 0 Å². The van der Waals surface area contributed by atoms with Crippen molar-refractivity contribution in [3.05, 3.63) is 77.8 Å². The number of hydrogen-bond donors (Lipinski definition) is 4. The average Bonchev–Trinajstić information content (AvgIpc) is 3.73. The predicted molar refractivity (Wildman–Crippen MR) is 149 cm³/mol. The molecule has 6 N–H and O–H groups in total. The maximum absolute atomic E-state index is 13.5. The third kappa shape index (κ3) is 7.75. The van der Waals surface area contributed by atoms with Crippen LogP contribution in [0.1, 0.15) is 25.3 Å². The first kappa shape index (κ1) is 30.3. The molecule has 1 fully saturated rings. The zero-order valence-corrected chi connectivity index (χ0v) is 23.1. The zero-order valence-electron chi connectivity index (χ0n) is 22.3. The molecule has 1 saturated carbocycles. The number of aliphatic imine (C=N–C) groups is 1. The molecule has 4 atom stereocenters. The number of allylic oxidation sites excluding steroid dienone is 1. The van der Waals surface area contributed by atoms with Gasteiger partial charge in [0.15, 0.2) is 5.75 Å². The van der Waals surface area contributed by atoms with E-state index in [0.717, 1.165) is 24.4 Å². The molecule has 220 valence electrons. The maximum atomic E-state index is 13.5. The van der Waals surface area contributed by atoms with Gasteiger partial charge in [0.1, 0.15) is 12.6 Å². The minimum Gasteiger partial charge on any atom is -0.593 e. The van der Waals surface area contributed by atoms with Gasteiger partial charge in [0.25, 0.3) is 0 Å². The molecular weight excluding hydrogens is 559 g/mol. The number of fused-ring (bicyclic) bond motifs is 1. The van der Waals surface area contributed by atoms with E-state index in [9.17, 15) is 27.6 Å². The van der Waals surface area contributed by atoms with Crippen LogP contribution in [0.25, 0.3) is 0 Å². The Morgan fingerprint density at radius 1 is 1.27 bits per heavy atom. The molecule has 2 aliphatic rings. The SMILES string of the molecule is CC[C@@H]1CN(Cc2cccc(N=C(C(=CN)C(=O)O)[C@@H]3CC3/C(N)=C/NCC(F)(F)F)c2)[S+]([O-])c2ccccc2O1. The first-order valence-corrected chi connectivity index (χ1v) is 14.1. The van der Waals surface area contributed by atoms with Crippen molar-refractivity contribution in [2.75, 3.05) is 13.1 Å². The lowest BCUT2D eigenvalue weighted by Crippen LogP contribution is -2.36. The van der Waals surface area contributed by atoms with E-state index in [1.165, 1.54) is 0 Å². The largest absolute Gasteiger partial charge is 0.593 e. The smallest absolute Gasteiger partial charge is 0.405 e. The number of rotatable bonds is 10. The fraction of sp³-hybridized carbons (Fsp3) is 0.357. The number of carbonyl (C=O) groups is 1. The Morgan fingerprint density at radius 3 is 2.71 bits per heavy atom. The lowest BCUT2D eigenvalue weighted by atomic mass is 10.0. The Morgan fingerprint density at radius 2 is 2.02 bits per heavy atom. The van der Waals surface area contributed by atoms with Gasteiger partial charge in [0, 0.05) is 29.9 Å². The Balaban J connectivity index is 1.57. The van der Waals surface area contributed by atoms with Crippen molar-refractivity contribution >= 4 is 28.7 Å². The lowest BCUT2D eigenvalue weighted by molar-refractivity contribution is -0.132. The second-order valence-electron chi connectivity index (χ2n) is 9.81. The molecule has 2 aromatic rings. The highest BCUT2D eigenvalue weighted by Crippen LogP contribution is 2.45. The summed E-state index contributed by atoms with van der Waals surface area (Å²) in [5, 5.41) is 11.9. The Labute approximate surface area is 239 Å². The number of carboxylic acids is 1. The van der Waals surface area contributed by atoms with E-state index in [1.54, 1.807) is 30.3 Å². The van der Waals surface area contributed by atoms with Gasteiger partial charge in [-0.05, 0) is 42.7 Å². The highest BCUT2D eigenvalue weighted by molar-refractivity contribution is 7.89. The molecular formula is C28H32F3N5O4S. The number of halogens is 3. The number of nitrogens with zero attached hydrogens (tertiary/aromatic N) is 2. The van der Waals surface area contributed by atoms with E-state index >= 15 is 0 Å². The van der Waals surface area contributed by atoms with Crippen LogP contribution >= 0.6 is 0 Å². The summed E-state index contributed by atoms with van der Waals surface area (Å²) in [7, 11) is 0. The van der Waals surface area contributed by atoms with Crippen molar-refractivity contribution in [1.82, 2.24) is 9.62 Å². The van der Waals surface area contributed by atoms with Gasteiger partial charge in [0.2, 0.25) is 4.90 Å². The molecule has 0 spiro atoms. The van der Waals surface area contributed by atoms with Crippen LogP contribution in [0.4, 0.5) is 18.9 Å². The minimum atomic E-state index is -4.40. The molecule has 1 aliphatic heterocycles.